The zero-order valence-corrected chi connectivity index (χ0v) is 11.4. The molecule has 2 aromatic heterocycles. The molecule has 0 spiro atoms. The summed E-state index contributed by atoms with van der Waals surface area (Å²) in [5.74, 6) is 0. The van der Waals surface area contributed by atoms with E-state index in [1.807, 2.05) is 37.3 Å². The van der Waals surface area contributed by atoms with Gasteiger partial charge in [-0.2, -0.15) is 0 Å². The second-order valence-electron chi connectivity index (χ2n) is 4.53. The lowest BCUT2D eigenvalue weighted by Gasteiger charge is -2.08. The van der Waals surface area contributed by atoms with Crippen molar-refractivity contribution in [1.82, 2.24) is 9.55 Å². The highest BCUT2D eigenvalue weighted by Crippen LogP contribution is 2.30. The van der Waals surface area contributed by atoms with Crippen LogP contribution in [0.3, 0.4) is 0 Å². The Kier molecular flexibility index (Phi) is 2.95. The van der Waals surface area contributed by atoms with Gasteiger partial charge in [0.25, 0.3) is 0 Å². The molecule has 0 radical (unpaired) electrons. The summed E-state index contributed by atoms with van der Waals surface area (Å²) in [6.45, 7) is 1.95. The first-order valence-corrected chi connectivity index (χ1v) is 6.42. The maximum atomic E-state index is 11.6. The number of aromatic nitrogens is 2. The minimum Gasteiger partial charge on any atom is -0.464 e. The SMILES string of the molecule is Cc1ccccc1-c1cc2cnc(Cl)cc2n1C(=O)O. The van der Waals surface area contributed by atoms with Crippen molar-refractivity contribution in [3.63, 3.8) is 0 Å². The molecule has 5 heteroatoms. The summed E-state index contributed by atoms with van der Waals surface area (Å²) in [5.41, 5.74) is 3.05. The largest absolute Gasteiger partial charge is 0.464 e. The van der Waals surface area contributed by atoms with Crippen LogP contribution in [0.15, 0.2) is 42.6 Å². The molecule has 4 nitrogen and oxygen atoms in total. The topological polar surface area (TPSA) is 55.1 Å². The van der Waals surface area contributed by atoms with E-state index in [0.29, 0.717) is 11.2 Å². The number of hydrogen-bond donors (Lipinski definition) is 1. The molecule has 0 aliphatic rings. The Morgan fingerprint density at radius 3 is 2.75 bits per heavy atom. The lowest BCUT2D eigenvalue weighted by molar-refractivity contribution is 0.198. The van der Waals surface area contributed by atoms with Crippen LogP contribution in [-0.2, 0) is 0 Å². The highest BCUT2D eigenvalue weighted by atomic mass is 35.5. The van der Waals surface area contributed by atoms with Gasteiger partial charge in [0.2, 0.25) is 0 Å². The minimum atomic E-state index is -1.04. The zero-order chi connectivity index (χ0) is 14.3. The number of carbonyl (C=O) groups is 1. The van der Waals surface area contributed by atoms with Crippen molar-refractivity contribution >= 4 is 28.6 Å². The summed E-state index contributed by atoms with van der Waals surface area (Å²) in [6, 6.07) is 11.0. The molecule has 0 saturated carbocycles. The molecule has 0 fully saturated rings. The molecule has 0 amide bonds. The molecule has 0 saturated heterocycles. The summed E-state index contributed by atoms with van der Waals surface area (Å²) >= 11 is 5.86. The average Bonchev–Trinajstić information content (AvgIpc) is 2.77. The predicted molar refractivity (Wildman–Crippen MR) is 78.3 cm³/mol. The fourth-order valence-electron chi connectivity index (χ4n) is 2.34. The number of nitrogens with zero attached hydrogens (tertiary/aromatic N) is 2. The van der Waals surface area contributed by atoms with Gasteiger partial charge >= 0.3 is 6.09 Å². The quantitative estimate of drug-likeness (QED) is 0.682. The summed E-state index contributed by atoms with van der Waals surface area (Å²) in [5, 5.41) is 10.5. The second kappa shape index (κ2) is 4.65. The van der Waals surface area contributed by atoms with Crippen LogP contribution in [-0.4, -0.2) is 20.8 Å². The van der Waals surface area contributed by atoms with Crippen molar-refractivity contribution in [1.29, 1.82) is 0 Å². The third-order valence-corrected chi connectivity index (χ3v) is 3.47. The first-order valence-electron chi connectivity index (χ1n) is 6.04. The molecule has 0 atom stereocenters. The van der Waals surface area contributed by atoms with Gasteiger partial charge in [0.15, 0.2) is 0 Å². The number of rotatable bonds is 1. The van der Waals surface area contributed by atoms with Gasteiger partial charge in [-0.25, -0.2) is 14.3 Å². The third-order valence-electron chi connectivity index (χ3n) is 3.26. The average molecular weight is 287 g/mol. The van der Waals surface area contributed by atoms with Crippen LogP contribution in [0.4, 0.5) is 4.79 Å². The maximum absolute atomic E-state index is 11.6. The van der Waals surface area contributed by atoms with Crippen LogP contribution in [0.2, 0.25) is 5.15 Å². The van der Waals surface area contributed by atoms with Crippen molar-refractivity contribution < 1.29 is 9.90 Å². The molecule has 3 aromatic rings. The first-order chi connectivity index (χ1) is 9.58. The van der Waals surface area contributed by atoms with Crippen LogP contribution >= 0.6 is 11.6 Å². The molecule has 0 unspecified atom stereocenters. The van der Waals surface area contributed by atoms with Crippen LogP contribution in [0.1, 0.15) is 5.56 Å². The van der Waals surface area contributed by atoms with Crippen molar-refractivity contribution in [2.45, 2.75) is 6.92 Å². The zero-order valence-electron chi connectivity index (χ0n) is 10.7. The Balaban J connectivity index is 2.39. The smallest absolute Gasteiger partial charge is 0.416 e. The Morgan fingerprint density at radius 2 is 2.05 bits per heavy atom. The Hall–Kier alpha value is -2.33. The lowest BCUT2D eigenvalue weighted by atomic mass is 10.1. The number of fused-ring (bicyclic) bond motifs is 1. The van der Waals surface area contributed by atoms with Gasteiger partial charge in [-0.1, -0.05) is 35.9 Å². The lowest BCUT2D eigenvalue weighted by Crippen LogP contribution is -2.09. The van der Waals surface area contributed by atoms with Crippen molar-refractivity contribution in [3.8, 4) is 11.3 Å². The van der Waals surface area contributed by atoms with Gasteiger partial charge in [0.05, 0.1) is 11.2 Å². The monoisotopic (exact) mass is 286 g/mol. The van der Waals surface area contributed by atoms with E-state index in [4.69, 9.17) is 11.6 Å². The van der Waals surface area contributed by atoms with Gasteiger partial charge < -0.3 is 5.11 Å². The van der Waals surface area contributed by atoms with E-state index in [0.717, 1.165) is 16.5 Å². The molecule has 0 bridgehead atoms. The van der Waals surface area contributed by atoms with E-state index in [2.05, 4.69) is 4.98 Å². The first kappa shape index (κ1) is 12.7. The van der Waals surface area contributed by atoms with E-state index >= 15 is 0 Å². The van der Waals surface area contributed by atoms with E-state index < -0.39 is 6.09 Å². The molecule has 3 rings (SSSR count). The van der Waals surface area contributed by atoms with E-state index in [1.54, 1.807) is 12.3 Å². The summed E-state index contributed by atoms with van der Waals surface area (Å²) in [7, 11) is 0. The van der Waals surface area contributed by atoms with Crippen LogP contribution in [0.5, 0.6) is 0 Å². The van der Waals surface area contributed by atoms with Crippen molar-refractivity contribution in [2.24, 2.45) is 0 Å². The molecule has 100 valence electrons. The number of pyridine rings is 1. The van der Waals surface area contributed by atoms with Gasteiger partial charge in [0, 0.05) is 23.2 Å². The minimum absolute atomic E-state index is 0.273. The molecule has 20 heavy (non-hydrogen) atoms. The molecular weight excluding hydrogens is 276 g/mol. The molecule has 1 aromatic carbocycles. The van der Waals surface area contributed by atoms with Crippen LogP contribution in [0, 0.1) is 6.92 Å². The molecular formula is C15H11ClN2O2. The number of halogens is 1. The Labute approximate surface area is 120 Å². The highest BCUT2D eigenvalue weighted by Gasteiger charge is 2.17. The predicted octanol–water partition coefficient (Wildman–Crippen LogP) is 4.19. The molecule has 0 aliphatic carbocycles. The van der Waals surface area contributed by atoms with Crippen molar-refractivity contribution in [2.75, 3.05) is 0 Å². The molecule has 1 N–H and O–H groups in total. The van der Waals surface area contributed by atoms with Gasteiger partial charge in [-0.3, -0.25) is 0 Å². The Morgan fingerprint density at radius 1 is 1.30 bits per heavy atom. The number of aryl methyl sites for hydroxylation is 1. The number of benzene rings is 1. The fraction of sp³-hybridized carbons (Fsp3) is 0.0667. The fourth-order valence-corrected chi connectivity index (χ4v) is 2.49. The highest BCUT2D eigenvalue weighted by molar-refractivity contribution is 6.30. The van der Waals surface area contributed by atoms with E-state index in [9.17, 15) is 9.90 Å². The van der Waals surface area contributed by atoms with Crippen LogP contribution < -0.4 is 0 Å². The Bertz CT molecular complexity index is 824. The van der Waals surface area contributed by atoms with E-state index in [1.165, 1.54) is 4.57 Å². The number of carboxylic acid groups (broad SMARTS) is 1. The standard InChI is InChI=1S/C15H11ClN2O2/c1-9-4-2-3-5-11(9)13-6-10-8-17-14(16)7-12(10)18(13)15(19)20/h2-8H,1H3,(H,19,20). The summed E-state index contributed by atoms with van der Waals surface area (Å²) in [6.07, 6.45) is 0.541. The molecule has 2 heterocycles. The second-order valence-corrected chi connectivity index (χ2v) is 4.92. The van der Waals surface area contributed by atoms with Gasteiger partial charge in [0.1, 0.15) is 5.15 Å². The van der Waals surface area contributed by atoms with Crippen LogP contribution in [0.25, 0.3) is 22.2 Å². The van der Waals surface area contributed by atoms with Crippen molar-refractivity contribution in [3.05, 3.63) is 53.3 Å². The van der Waals surface area contributed by atoms with E-state index in [-0.39, 0.29) is 5.15 Å². The summed E-state index contributed by atoms with van der Waals surface area (Å²) < 4.78 is 1.24. The maximum Gasteiger partial charge on any atom is 0.416 e. The summed E-state index contributed by atoms with van der Waals surface area (Å²) in [4.78, 5) is 15.6. The molecule has 0 aliphatic heterocycles. The number of hydrogen-bond acceptors (Lipinski definition) is 2. The normalized spacial score (nSPS) is 10.9. The van der Waals surface area contributed by atoms with Gasteiger partial charge in [-0.05, 0) is 18.6 Å². The van der Waals surface area contributed by atoms with Gasteiger partial charge in [-0.15, -0.1) is 0 Å². The third kappa shape index (κ3) is 1.94.